The fourth-order valence-corrected chi connectivity index (χ4v) is 3.76. The second-order valence-electron chi connectivity index (χ2n) is 9.32. The predicted octanol–water partition coefficient (Wildman–Crippen LogP) is 1.28. The zero-order valence-corrected chi connectivity index (χ0v) is 22.7. The molecule has 228 valence electrons. The van der Waals surface area contributed by atoms with Crippen LogP contribution in [0, 0.1) is 0 Å². The molecule has 8 N–H and O–H groups in total. The number of benzene rings is 2. The smallest absolute Gasteiger partial charge is 0.398 e. The summed E-state index contributed by atoms with van der Waals surface area (Å²) in [7, 11) is 0. The van der Waals surface area contributed by atoms with Crippen molar-refractivity contribution in [2.75, 3.05) is 23.7 Å². The van der Waals surface area contributed by atoms with Gasteiger partial charge in [0.2, 0.25) is 23.7 Å². The molecule has 0 aliphatic heterocycles. The van der Waals surface area contributed by atoms with Gasteiger partial charge in [-0.25, -0.2) is 0 Å². The van der Waals surface area contributed by atoms with E-state index in [9.17, 15) is 37.8 Å². The van der Waals surface area contributed by atoms with E-state index in [0.29, 0.717) is 17.9 Å². The Kier molecular flexibility index (Phi) is 8.88. The van der Waals surface area contributed by atoms with Crippen LogP contribution in [0.5, 0.6) is 6.01 Å². The predicted molar refractivity (Wildman–Crippen MR) is 144 cm³/mol. The molecule has 4 rings (SSSR count). The van der Waals surface area contributed by atoms with Gasteiger partial charge in [0, 0.05) is 16.3 Å². The second kappa shape index (κ2) is 12.2. The summed E-state index contributed by atoms with van der Waals surface area (Å²) in [6, 6.07) is 11.4. The van der Waals surface area contributed by atoms with Gasteiger partial charge in [-0.3, -0.25) is 14.4 Å². The number of nitrogens with two attached hydrogens (primary N) is 1. The lowest BCUT2D eigenvalue weighted by atomic mass is 10.1. The maximum absolute atomic E-state index is 13.1. The molecule has 1 aromatic heterocycles. The molecule has 0 spiro atoms. The highest BCUT2D eigenvalue weighted by molar-refractivity contribution is 6.30. The second-order valence-corrected chi connectivity index (χ2v) is 9.75. The van der Waals surface area contributed by atoms with E-state index < -0.39 is 48.0 Å². The van der Waals surface area contributed by atoms with Crippen LogP contribution in [-0.2, 0) is 15.1 Å². The third-order valence-corrected chi connectivity index (χ3v) is 6.24. The highest BCUT2D eigenvalue weighted by atomic mass is 35.5. The van der Waals surface area contributed by atoms with Crippen molar-refractivity contribution < 1.29 is 42.5 Å². The van der Waals surface area contributed by atoms with Crippen LogP contribution in [0.2, 0.25) is 5.02 Å². The van der Waals surface area contributed by atoms with Crippen molar-refractivity contribution in [2.24, 2.45) is 5.73 Å². The van der Waals surface area contributed by atoms with E-state index in [-0.39, 0.29) is 29.7 Å². The summed E-state index contributed by atoms with van der Waals surface area (Å²) >= 11 is 5.97. The molecule has 1 heterocycles. The van der Waals surface area contributed by atoms with Crippen molar-refractivity contribution in [3.05, 3.63) is 64.7 Å². The first-order valence-corrected chi connectivity index (χ1v) is 12.7. The minimum atomic E-state index is -5.60. The van der Waals surface area contributed by atoms with Crippen LogP contribution < -0.4 is 31.7 Å². The molecule has 0 saturated heterocycles. The Bertz CT molecular complexity index is 1500. The van der Waals surface area contributed by atoms with Crippen LogP contribution in [0.15, 0.2) is 48.5 Å². The normalized spacial score (nSPS) is 13.9. The summed E-state index contributed by atoms with van der Waals surface area (Å²) in [5.41, 5.74) is 5.50. The third-order valence-electron chi connectivity index (χ3n) is 5.99. The Morgan fingerprint density at radius 2 is 1.56 bits per heavy atom. The number of hydrogen-bond donors (Lipinski definition) is 7. The quantitative estimate of drug-likeness (QED) is 0.143. The molecular formula is C25H24ClF3N8O6. The fraction of sp³-hybridized carbons (Fsp3) is 0.280. The third kappa shape index (κ3) is 8.18. The van der Waals surface area contributed by atoms with Crippen molar-refractivity contribution in [2.45, 2.75) is 30.5 Å². The molecule has 1 aliphatic carbocycles. The molecule has 1 aliphatic rings. The van der Waals surface area contributed by atoms with Crippen LogP contribution in [0.1, 0.15) is 28.8 Å². The molecule has 0 unspecified atom stereocenters. The van der Waals surface area contributed by atoms with Crippen molar-refractivity contribution in [1.29, 1.82) is 0 Å². The minimum absolute atomic E-state index is 0.143. The average molecular weight is 625 g/mol. The van der Waals surface area contributed by atoms with Gasteiger partial charge < -0.3 is 42.0 Å². The molecule has 18 heteroatoms. The number of primary amides is 1. The Balaban J connectivity index is 1.51. The van der Waals surface area contributed by atoms with Crippen molar-refractivity contribution in [1.82, 2.24) is 25.6 Å². The standard InChI is InChI=1S/C25H24ClF3N8O6/c26-15-5-3-14(4-6-15)23(9-10-23)37-21-34-20(35-22(36-21)43-25(41,42)24(27,28)29)33-16-7-1-13(2-8-16)19(40)32-12-18(39)31-11-17(30)38/h1-8,41-42H,9-12H2,(H2,30,38)(H,31,39)(H,32,40)(H2,33,34,35,36,37). The lowest BCUT2D eigenvalue weighted by molar-refractivity contribution is -0.430. The van der Waals surface area contributed by atoms with Gasteiger partial charge in [0.1, 0.15) is 0 Å². The monoisotopic (exact) mass is 624 g/mol. The first-order valence-electron chi connectivity index (χ1n) is 12.4. The number of nitrogens with zero attached hydrogens (tertiary/aromatic N) is 3. The molecule has 43 heavy (non-hydrogen) atoms. The Labute approximate surface area is 245 Å². The van der Waals surface area contributed by atoms with Gasteiger partial charge in [0.25, 0.3) is 5.91 Å². The number of halogens is 4. The number of nitrogens with one attached hydrogen (secondary N) is 4. The first kappa shape index (κ1) is 31.2. The molecule has 0 bridgehead atoms. The SMILES string of the molecule is NC(=O)CNC(=O)CNC(=O)c1ccc(Nc2nc(NC3(c4ccc(Cl)cc4)CC3)nc(OC(O)(O)C(F)(F)F)n2)cc1. The summed E-state index contributed by atoms with van der Waals surface area (Å²) in [6.07, 6.45) is -4.34. The zero-order chi connectivity index (χ0) is 31.4. The van der Waals surface area contributed by atoms with Crippen LogP contribution in [-0.4, -0.2) is 68.1 Å². The number of aliphatic hydroxyl groups is 2. The van der Waals surface area contributed by atoms with Gasteiger partial charge in [-0.05, 0) is 54.8 Å². The van der Waals surface area contributed by atoms with Gasteiger partial charge in [-0.1, -0.05) is 23.7 Å². The number of hydrogen-bond acceptors (Lipinski definition) is 11. The summed E-state index contributed by atoms with van der Waals surface area (Å²) in [5.74, 6) is -7.16. The summed E-state index contributed by atoms with van der Waals surface area (Å²) < 4.78 is 43.5. The molecule has 2 aromatic carbocycles. The molecule has 3 aromatic rings. The number of amides is 3. The van der Waals surface area contributed by atoms with E-state index in [1.54, 1.807) is 24.3 Å². The van der Waals surface area contributed by atoms with E-state index in [1.807, 2.05) is 0 Å². The van der Waals surface area contributed by atoms with Crippen LogP contribution >= 0.6 is 11.6 Å². The van der Waals surface area contributed by atoms with E-state index >= 15 is 0 Å². The molecule has 3 amide bonds. The van der Waals surface area contributed by atoms with Crippen LogP contribution in [0.3, 0.4) is 0 Å². The Hall–Kier alpha value is -4.74. The molecule has 14 nitrogen and oxygen atoms in total. The number of alkyl halides is 3. The van der Waals surface area contributed by atoms with Gasteiger partial charge >= 0.3 is 18.2 Å². The van der Waals surface area contributed by atoms with E-state index in [2.05, 4.69) is 41.0 Å². The number of carbonyl (C=O) groups is 3. The van der Waals surface area contributed by atoms with Gasteiger partial charge in [-0.15, -0.1) is 0 Å². The fourth-order valence-electron chi connectivity index (χ4n) is 3.64. The van der Waals surface area contributed by atoms with Gasteiger partial charge in [-0.2, -0.15) is 28.1 Å². The number of aromatic nitrogens is 3. The largest absolute Gasteiger partial charge is 0.486 e. The summed E-state index contributed by atoms with van der Waals surface area (Å²) in [4.78, 5) is 46.4. The molecule has 1 saturated carbocycles. The van der Waals surface area contributed by atoms with Crippen LogP contribution in [0.25, 0.3) is 0 Å². The van der Waals surface area contributed by atoms with Crippen molar-refractivity contribution in [3.63, 3.8) is 0 Å². The number of rotatable bonds is 12. The van der Waals surface area contributed by atoms with Gasteiger partial charge in [0.05, 0.1) is 18.6 Å². The Morgan fingerprint density at radius 1 is 0.930 bits per heavy atom. The topological polar surface area (TPSA) is 214 Å². The molecule has 1 fully saturated rings. The molecule has 0 radical (unpaired) electrons. The van der Waals surface area contributed by atoms with Gasteiger partial charge in [0.15, 0.2) is 0 Å². The summed E-state index contributed by atoms with van der Waals surface area (Å²) in [6.45, 7) is -0.797. The lowest BCUT2D eigenvalue weighted by Crippen LogP contribution is -2.50. The zero-order valence-electron chi connectivity index (χ0n) is 21.9. The van der Waals surface area contributed by atoms with E-state index in [0.717, 1.165) is 5.56 Å². The van der Waals surface area contributed by atoms with E-state index in [1.165, 1.54) is 24.3 Å². The maximum atomic E-state index is 13.1. The first-order chi connectivity index (χ1) is 20.2. The van der Waals surface area contributed by atoms with Crippen molar-refractivity contribution in [3.8, 4) is 6.01 Å². The number of anilines is 3. The molecule has 0 atom stereocenters. The minimum Gasteiger partial charge on any atom is -0.398 e. The number of carbonyl (C=O) groups excluding carboxylic acids is 3. The Morgan fingerprint density at radius 3 is 2.14 bits per heavy atom. The van der Waals surface area contributed by atoms with Crippen LogP contribution in [0.4, 0.5) is 30.8 Å². The summed E-state index contributed by atoms with van der Waals surface area (Å²) in [5, 5.41) is 29.7. The number of ether oxygens (including phenoxy) is 1. The maximum Gasteiger partial charge on any atom is 0.486 e. The van der Waals surface area contributed by atoms with Crippen molar-refractivity contribution >= 4 is 46.9 Å². The average Bonchev–Trinajstić information content (AvgIpc) is 3.70. The highest BCUT2D eigenvalue weighted by Crippen LogP contribution is 2.48. The highest BCUT2D eigenvalue weighted by Gasteiger charge is 2.57. The lowest BCUT2D eigenvalue weighted by Gasteiger charge is -2.24. The molecular weight excluding hydrogens is 601 g/mol. The van der Waals surface area contributed by atoms with E-state index in [4.69, 9.17) is 17.3 Å².